The molecule has 2 N–H and O–H groups in total. The molecule has 100 valence electrons. The Balaban J connectivity index is 2.62. The minimum Gasteiger partial charge on any atom is -0.463 e. The Labute approximate surface area is 105 Å². The maximum Gasteiger partial charge on any atom is 0.306 e. The van der Waals surface area contributed by atoms with Crippen LogP contribution in [0.2, 0.25) is 0 Å². The zero-order chi connectivity index (χ0) is 13.4. The van der Waals surface area contributed by atoms with E-state index >= 15 is 0 Å². The maximum atomic E-state index is 12.2. The van der Waals surface area contributed by atoms with Crippen LogP contribution in [0.4, 0.5) is 0 Å². The Bertz CT molecular complexity index is 419. The standard InChI is InChI=1S/C11H15O6P/c12-7-8-16-11(13)6-9-18(15,17-14)10-4-2-1-3-5-10/h1-5,12,14H,6-9H2. The molecule has 18 heavy (non-hydrogen) atoms. The fourth-order valence-corrected chi connectivity index (χ4v) is 2.88. The highest BCUT2D eigenvalue weighted by molar-refractivity contribution is 7.66. The summed E-state index contributed by atoms with van der Waals surface area (Å²) in [6, 6.07) is 8.16. The predicted molar refractivity (Wildman–Crippen MR) is 64.9 cm³/mol. The van der Waals surface area contributed by atoms with Crippen molar-refractivity contribution < 1.29 is 29.1 Å². The van der Waals surface area contributed by atoms with E-state index in [-0.39, 0.29) is 25.8 Å². The van der Waals surface area contributed by atoms with Gasteiger partial charge in [-0.3, -0.25) is 9.36 Å². The molecule has 7 heteroatoms. The van der Waals surface area contributed by atoms with Crippen LogP contribution in [0.5, 0.6) is 0 Å². The fourth-order valence-electron chi connectivity index (χ4n) is 1.34. The summed E-state index contributed by atoms with van der Waals surface area (Å²) in [5.74, 6) is -0.600. The molecule has 1 rings (SSSR count). The molecule has 1 aromatic carbocycles. The van der Waals surface area contributed by atoms with E-state index in [1.165, 1.54) is 0 Å². The topological polar surface area (TPSA) is 93.1 Å². The van der Waals surface area contributed by atoms with Crippen LogP contribution in [0.3, 0.4) is 0 Å². The van der Waals surface area contributed by atoms with E-state index in [0.717, 1.165) is 0 Å². The number of esters is 1. The molecule has 0 aliphatic rings. The van der Waals surface area contributed by atoms with Crippen LogP contribution in [0.25, 0.3) is 0 Å². The quantitative estimate of drug-likeness (QED) is 0.333. The number of hydrogen-bond acceptors (Lipinski definition) is 6. The van der Waals surface area contributed by atoms with Gasteiger partial charge < -0.3 is 9.84 Å². The molecule has 6 nitrogen and oxygen atoms in total. The van der Waals surface area contributed by atoms with Gasteiger partial charge in [0.25, 0.3) is 7.37 Å². The van der Waals surface area contributed by atoms with Crippen molar-refractivity contribution >= 4 is 18.6 Å². The average molecular weight is 274 g/mol. The number of ether oxygens (including phenoxy) is 1. The molecule has 0 radical (unpaired) electrons. The number of hydrogen-bond donors (Lipinski definition) is 2. The zero-order valence-electron chi connectivity index (χ0n) is 9.69. The highest BCUT2D eigenvalue weighted by Crippen LogP contribution is 2.45. The van der Waals surface area contributed by atoms with Crippen LogP contribution >= 0.6 is 7.37 Å². The summed E-state index contributed by atoms with van der Waals surface area (Å²) in [6.45, 7) is -0.368. The molecule has 1 unspecified atom stereocenters. The van der Waals surface area contributed by atoms with Crippen molar-refractivity contribution in [2.75, 3.05) is 19.4 Å². The molecule has 0 aromatic heterocycles. The van der Waals surface area contributed by atoms with Crippen molar-refractivity contribution in [2.24, 2.45) is 0 Å². The first-order valence-corrected chi connectivity index (χ1v) is 7.17. The Morgan fingerprint density at radius 3 is 2.50 bits per heavy atom. The van der Waals surface area contributed by atoms with Crippen molar-refractivity contribution in [2.45, 2.75) is 6.42 Å². The summed E-state index contributed by atoms with van der Waals surface area (Å²) in [6.07, 6.45) is -0.315. The Morgan fingerprint density at radius 1 is 1.28 bits per heavy atom. The molecular formula is C11H15O6P. The summed E-state index contributed by atoms with van der Waals surface area (Å²) in [5.41, 5.74) is 0. The van der Waals surface area contributed by atoms with E-state index in [2.05, 4.69) is 9.41 Å². The van der Waals surface area contributed by atoms with Gasteiger partial charge in [-0.2, -0.15) is 4.67 Å². The third-order valence-corrected chi connectivity index (χ3v) is 4.41. The van der Waals surface area contributed by atoms with Crippen molar-refractivity contribution in [1.29, 1.82) is 0 Å². The van der Waals surface area contributed by atoms with E-state index in [1.54, 1.807) is 30.3 Å². The number of carbonyl (C=O) groups excluding carboxylic acids is 1. The maximum absolute atomic E-state index is 12.2. The fraction of sp³-hybridized carbons (Fsp3) is 0.364. The van der Waals surface area contributed by atoms with Gasteiger partial charge in [0.2, 0.25) is 0 Å². The Hall–Kier alpha value is -1.20. The second-order valence-electron chi connectivity index (χ2n) is 3.51. The first-order valence-electron chi connectivity index (χ1n) is 5.36. The van der Waals surface area contributed by atoms with Crippen LogP contribution in [-0.2, 0) is 18.8 Å². The monoisotopic (exact) mass is 274 g/mol. The number of aliphatic hydroxyl groups excluding tert-OH is 1. The summed E-state index contributed by atoms with van der Waals surface area (Å²) in [7, 11) is -3.45. The predicted octanol–water partition coefficient (Wildman–Crippen LogP) is 1.01. The van der Waals surface area contributed by atoms with Crippen molar-refractivity contribution in [1.82, 2.24) is 0 Å². The Kier molecular flexibility index (Phi) is 6.01. The lowest BCUT2D eigenvalue weighted by atomic mass is 10.4. The summed E-state index contributed by atoms with van der Waals surface area (Å²) >= 11 is 0. The first-order chi connectivity index (χ1) is 8.62. The van der Waals surface area contributed by atoms with Crippen LogP contribution in [0.1, 0.15) is 6.42 Å². The van der Waals surface area contributed by atoms with E-state index in [4.69, 9.17) is 10.4 Å². The molecule has 0 amide bonds. The van der Waals surface area contributed by atoms with Gasteiger partial charge in [0, 0.05) is 11.5 Å². The highest BCUT2D eigenvalue weighted by atomic mass is 31.2. The van der Waals surface area contributed by atoms with Gasteiger partial charge in [0.05, 0.1) is 13.0 Å². The molecule has 0 aliphatic heterocycles. The average Bonchev–Trinajstić information content (AvgIpc) is 2.43. The molecular weight excluding hydrogens is 259 g/mol. The molecule has 1 atom stereocenters. The third kappa shape index (κ3) is 4.23. The summed E-state index contributed by atoms with van der Waals surface area (Å²) < 4.78 is 20.9. The van der Waals surface area contributed by atoms with Gasteiger partial charge in [0.1, 0.15) is 6.61 Å². The lowest BCUT2D eigenvalue weighted by Gasteiger charge is -2.13. The molecule has 1 aromatic rings. The lowest BCUT2D eigenvalue weighted by Crippen LogP contribution is -2.14. The highest BCUT2D eigenvalue weighted by Gasteiger charge is 2.27. The number of aliphatic hydroxyl groups is 1. The zero-order valence-corrected chi connectivity index (χ0v) is 10.6. The summed E-state index contributed by atoms with van der Waals surface area (Å²) in [4.78, 5) is 11.2. The lowest BCUT2D eigenvalue weighted by molar-refractivity contribution is -0.145. The van der Waals surface area contributed by atoms with Gasteiger partial charge in [-0.1, -0.05) is 18.2 Å². The van der Waals surface area contributed by atoms with Crippen molar-refractivity contribution in [3.8, 4) is 0 Å². The molecule has 0 saturated carbocycles. The van der Waals surface area contributed by atoms with E-state index in [0.29, 0.717) is 5.30 Å². The van der Waals surface area contributed by atoms with Crippen molar-refractivity contribution in [3.05, 3.63) is 30.3 Å². The number of carbonyl (C=O) groups is 1. The van der Waals surface area contributed by atoms with Gasteiger partial charge in [0.15, 0.2) is 0 Å². The largest absolute Gasteiger partial charge is 0.463 e. The third-order valence-electron chi connectivity index (χ3n) is 2.25. The minimum atomic E-state index is -3.45. The smallest absolute Gasteiger partial charge is 0.306 e. The van der Waals surface area contributed by atoms with Crippen LogP contribution in [-0.4, -0.2) is 35.7 Å². The van der Waals surface area contributed by atoms with Gasteiger partial charge >= 0.3 is 5.97 Å². The summed E-state index contributed by atoms with van der Waals surface area (Å²) in [5, 5.41) is 17.6. The van der Waals surface area contributed by atoms with E-state index in [9.17, 15) is 9.36 Å². The van der Waals surface area contributed by atoms with Gasteiger partial charge in [-0.25, -0.2) is 5.26 Å². The SMILES string of the molecule is O=C(CCP(=O)(OO)c1ccccc1)OCCO. The second-order valence-corrected chi connectivity index (χ2v) is 5.98. The first kappa shape index (κ1) is 14.9. The van der Waals surface area contributed by atoms with Crippen molar-refractivity contribution in [3.63, 3.8) is 0 Å². The molecule has 0 saturated heterocycles. The second kappa shape index (κ2) is 7.28. The molecule has 0 bridgehead atoms. The van der Waals surface area contributed by atoms with E-state index < -0.39 is 13.3 Å². The Morgan fingerprint density at radius 2 is 1.94 bits per heavy atom. The van der Waals surface area contributed by atoms with Crippen LogP contribution in [0.15, 0.2) is 30.3 Å². The van der Waals surface area contributed by atoms with Crippen LogP contribution in [0, 0.1) is 0 Å². The van der Waals surface area contributed by atoms with E-state index in [1.807, 2.05) is 0 Å². The minimum absolute atomic E-state index is 0.103. The molecule has 0 fully saturated rings. The van der Waals surface area contributed by atoms with Crippen LogP contribution < -0.4 is 5.30 Å². The molecule has 0 heterocycles. The van der Waals surface area contributed by atoms with Gasteiger partial charge in [-0.15, -0.1) is 0 Å². The van der Waals surface area contributed by atoms with Gasteiger partial charge in [-0.05, 0) is 12.1 Å². The molecule has 0 aliphatic carbocycles. The number of rotatable bonds is 7. The molecule has 0 spiro atoms. The normalized spacial score (nSPS) is 13.9. The number of benzene rings is 1.